The normalized spacial score (nSPS) is 13.8. The lowest BCUT2D eigenvalue weighted by Crippen LogP contribution is -2.31. The summed E-state index contributed by atoms with van der Waals surface area (Å²) in [6.45, 7) is 2.02. The number of nitriles is 1. The Bertz CT molecular complexity index is 983. The first-order chi connectivity index (χ1) is 12.0. The van der Waals surface area contributed by atoms with E-state index in [4.69, 9.17) is 22.6 Å². The Balaban J connectivity index is 2.34. The van der Waals surface area contributed by atoms with Gasteiger partial charge in [-0.05, 0) is 48.4 Å². The molecular formula is C20H17ClFN3. The number of hydrogen-bond acceptors (Lipinski definition) is 2. The van der Waals surface area contributed by atoms with Crippen LogP contribution < -0.4 is 5.73 Å². The van der Waals surface area contributed by atoms with Gasteiger partial charge in [-0.25, -0.2) is 4.39 Å². The molecule has 0 fully saturated rings. The average molecular weight is 354 g/mol. The van der Waals surface area contributed by atoms with Gasteiger partial charge in [0.1, 0.15) is 5.82 Å². The monoisotopic (exact) mass is 353 g/mol. The van der Waals surface area contributed by atoms with E-state index in [0.717, 1.165) is 10.9 Å². The summed E-state index contributed by atoms with van der Waals surface area (Å²) < 4.78 is 15.9. The number of nitrogen functional groups attached to an aromatic ring is 1. The largest absolute Gasteiger partial charge is 0.398 e. The molecule has 0 amide bonds. The van der Waals surface area contributed by atoms with Crippen molar-refractivity contribution in [3.63, 3.8) is 0 Å². The first kappa shape index (κ1) is 17.1. The molecule has 3 rings (SSSR count). The van der Waals surface area contributed by atoms with Crippen molar-refractivity contribution in [2.75, 3.05) is 5.73 Å². The van der Waals surface area contributed by atoms with Crippen molar-refractivity contribution in [3.8, 4) is 6.07 Å². The number of rotatable bonds is 4. The zero-order valence-corrected chi connectivity index (χ0v) is 14.5. The molecule has 0 aliphatic carbocycles. The van der Waals surface area contributed by atoms with E-state index in [1.807, 2.05) is 54.1 Å². The molecule has 25 heavy (non-hydrogen) atoms. The first-order valence-electron chi connectivity index (χ1n) is 7.92. The maximum absolute atomic E-state index is 14.0. The maximum atomic E-state index is 14.0. The molecule has 3 nitrogen and oxygen atoms in total. The number of halogens is 2. The van der Waals surface area contributed by atoms with Gasteiger partial charge >= 0.3 is 0 Å². The summed E-state index contributed by atoms with van der Waals surface area (Å²) in [6.07, 6.45) is 5.82. The Morgan fingerprint density at radius 3 is 2.64 bits per heavy atom. The third-order valence-electron chi connectivity index (χ3n) is 4.55. The lowest BCUT2D eigenvalue weighted by molar-refractivity contribution is 0.446. The second-order valence-electron chi connectivity index (χ2n) is 5.86. The Morgan fingerprint density at radius 1 is 1.28 bits per heavy atom. The van der Waals surface area contributed by atoms with Crippen LogP contribution in [0.25, 0.3) is 10.9 Å². The molecule has 126 valence electrons. The van der Waals surface area contributed by atoms with Crippen LogP contribution in [-0.4, -0.2) is 4.57 Å². The Kier molecular flexibility index (Phi) is 4.52. The van der Waals surface area contributed by atoms with Crippen LogP contribution in [0.5, 0.6) is 0 Å². The molecule has 1 unspecified atom stereocenters. The number of allylic oxidation sites excluding steroid dienone is 2. The van der Waals surface area contributed by atoms with E-state index in [1.54, 1.807) is 0 Å². The van der Waals surface area contributed by atoms with Gasteiger partial charge in [-0.2, -0.15) is 5.26 Å². The highest BCUT2D eigenvalue weighted by Gasteiger charge is 2.31. The summed E-state index contributed by atoms with van der Waals surface area (Å²) in [5, 5.41) is 10.5. The lowest BCUT2D eigenvalue weighted by atomic mass is 9.86. The van der Waals surface area contributed by atoms with Crippen LogP contribution in [0, 0.1) is 17.1 Å². The van der Waals surface area contributed by atoms with E-state index in [0.29, 0.717) is 22.6 Å². The Hall–Kier alpha value is -2.77. The molecule has 2 aromatic carbocycles. The second-order valence-corrected chi connectivity index (χ2v) is 6.30. The third kappa shape index (κ3) is 2.88. The standard InChI is InChI=1S/C20H17ClFN3/c1-2-20(9-3-10-23,14-4-6-15(21)7-5-14)25-11-8-17-18(24)12-16(22)13-19(17)25/h3-9,11-13H,2,24H2,1H3. The van der Waals surface area contributed by atoms with Gasteiger partial charge in [-0.3, -0.25) is 0 Å². The van der Waals surface area contributed by atoms with E-state index in [9.17, 15) is 4.39 Å². The molecule has 0 aliphatic rings. The molecular weight excluding hydrogens is 337 g/mol. The fraction of sp³-hybridized carbons (Fsp3) is 0.150. The van der Waals surface area contributed by atoms with Gasteiger partial charge in [-0.1, -0.05) is 30.7 Å². The predicted octanol–water partition coefficient (Wildman–Crippen LogP) is 5.25. The lowest BCUT2D eigenvalue weighted by Gasteiger charge is -2.33. The summed E-state index contributed by atoms with van der Waals surface area (Å²) in [5.74, 6) is -0.393. The number of nitrogens with two attached hydrogens (primary N) is 1. The SMILES string of the molecule is CCC(C=CC#N)(c1ccc(Cl)cc1)n1ccc2c(N)cc(F)cc21. The van der Waals surface area contributed by atoms with Crippen molar-refractivity contribution >= 4 is 28.2 Å². The molecule has 0 aliphatic heterocycles. The molecule has 0 spiro atoms. The topological polar surface area (TPSA) is 54.7 Å². The van der Waals surface area contributed by atoms with E-state index < -0.39 is 11.4 Å². The van der Waals surface area contributed by atoms with Gasteiger partial charge < -0.3 is 10.3 Å². The minimum atomic E-state index is -0.650. The van der Waals surface area contributed by atoms with Gasteiger partial charge in [0.15, 0.2) is 0 Å². The summed E-state index contributed by atoms with van der Waals surface area (Å²) in [6, 6.07) is 14.1. The van der Waals surface area contributed by atoms with Crippen LogP contribution in [0.4, 0.5) is 10.1 Å². The van der Waals surface area contributed by atoms with Gasteiger partial charge in [0, 0.05) is 28.4 Å². The van der Waals surface area contributed by atoms with E-state index in [2.05, 4.69) is 6.07 Å². The number of nitrogens with zero attached hydrogens (tertiary/aromatic N) is 2. The van der Waals surface area contributed by atoms with E-state index >= 15 is 0 Å². The number of hydrogen-bond donors (Lipinski definition) is 1. The molecule has 2 N–H and O–H groups in total. The third-order valence-corrected chi connectivity index (χ3v) is 4.80. The van der Waals surface area contributed by atoms with Gasteiger partial charge in [0.2, 0.25) is 0 Å². The van der Waals surface area contributed by atoms with Crippen molar-refractivity contribution < 1.29 is 4.39 Å². The average Bonchev–Trinajstić information content (AvgIpc) is 3.02. The fourth-order valence-corrected chi connectivity index (χ4v) is 3.43. The number of aromatic nitrogens is 1. The van der Waals surface area contributed by atoms with E-state index in [-0.39, 0.29) is 0 Å². The minimum Gasteiger partial charge on any atom is -0.398 e. The van der Waals surface area contributed by atoms with Gasteiger partial charge in [-0.15, -0.1) is 0 Å². The first-order valence-corrected chi connectivity index (χ1v) is 8.29. The smallest absolute Gasteiger partial charge is 0.127 e. The van der Waals surface area contributed by atoms with Crippen molar-refractivity contribution in [3.05, 3.63) is 77.2 Å². The minimum absolute atomic E-state index is 0.388. The zero-order valence-electron chi connectivity index (χ0n) is 13.7. The van der Waals surface area contributed by atoms with Crippen LogP contribution in [0.3, 0.4) is 0 Å². The summed E-state index contributed by atoms with van der Waals surface area (Å²) in [4.78, 5) is 0. The molecule has 3 aromatic rings. The summed E-state index contributed by atoms with van der Waals surface area (Å²) in [5.41, 5.74) is 7.34. The van der Waals surface area contributed by atoms with Crippen molar-refractivity contribution in [2.45, 2.75) is 18.9 Å². The van der Waals surface area contributed by atoms with Crippen molar-refractivity contribution in [1.82, 2.24) is 4.57 Å². The van der Waals surface area contributed by atoms with Crippen LogP contribution in [0.15, 0.2) is 60.8 Å². The Morgan fingerprint density at radius 2 is 2.00 bits per heavy atom. The van der Waals surface area contributed by atoms with Crippen molar-refractivity contribution in [1.29, 1.82) is 5.26 Å². The van der Waals surface area contributed by atoms with Crippen LogP contribution in [0.2, 0.25) is 5.02 Å². The zero-order chi connectivity index (χ0) is 18.0. The maximum Gasteiger partial charge on any atom is 0.127 e. The molecule has 0 bridgehead atoms. The fourth-order valence-electron chi connectivity index (χ4n) is 3.30. The highest BCUT2D eigenvalue weighted by atomic mass is 35.5. The van der Waals surface area contributed by atoms with Crippen molar-refractivity contribution in [2.24, 2.45) is 0 Å². The van der Waals surface area contributed by atoms with Crippen LogP contribution in [0.1, 0.15) is 18.9 Å². The molecule has 1 atom stereocenters. The molecule has 0 radical (unpaired) electrons. The quantitative estimate of drug-likeness (QED) is 0.514. The highest BCUT2D eigenvalue weighted by molar-refractivity contribution is 6.30. The highest BCUT2D eigenvalue weighted by Crippen LogP contribution is 2.37. The Labute approximate surface area is 150 Å². The molecule has 0 saturated heterocycles. The van der Waals surface area contributed by atoms with Gasteiger partial charge in [0.25, 0.3) is 0 Å². The molecule has 1 heterocycles. The number of fused-ring (bicyclic) bond motifs is 1. The van der Waals surface area contributed by atoms with E-state index in [1.165, 1.54) is 18.2 Å². The second kappa shape index (κ2) is 6.62. The number of anilines is 1. The number of benzene rings is 2. The predicted molar refractivity (Wildman–Crippen MR) is 99.9 cm³/mol. The van der Waals surface area contributed by atoms with Crippen LogP contribution >= 0.6 is 11.6 Å². The van der Waals surface area contributed by atoms with Gasteiger partial charge in [0.05, 0.1) is 17.1 Å². The van der Waals surface area contributed by atoms with Crippen LogP contribution in [-0.2, 0) is 5.54 Å². The molecule has 1 aromatic heterocycles. The summed E-state index contributed by atoms with van der Waals surface area (Å²) in [7, 11) is 0. The summed E-state index contributed by atoms with van der Waals surface area (Å²) >= 11 is 6.03. The molecule has 0 saturated carbocycles. The molecule has 5 heteroatoms.